The van der Waals surface area contributed by atoms with E-state index < -0.39 is 11.0 Å². The number of fused-ring (bicyclic) bond motifs is 1. The summed E-state index contributed by atoms with van der Waals surface area (Å²) in [5, 5.41) is 23.0. The number of amides is 2. The average molecular weight is 320 g/mol. The van der Waals surface area contributed by atoms with Crippen LogP contribution in [0.15, 0.2) is 18.2 Å². The summed E-state index contributed by atoms with van der Waals surface area (Å²) in [6.45, 7) is 0.748. The molecule has 2 aliphatic heterocycles. The SMILES string of the molecule is O=C1CN(C2CCN(C(=O)O)CC2)c2c(cccc2[N+](=O)[O-])N1. The van der Waals surface area contributed by atoms with Gasteiger partial charge in [-0.1, -0.05) is 6.07 Å². The maximum Gasteiger partial charge on any atom is 0.407 e. The predicted molar refractivity (Wildman–Crippen MR) is 81.7 cm³/mol. The first-order chi connectivity index (χ1) is 11.0. The number of rotatable bonds is 2. The third-order valence-corrected chi connectivity index (χ3v) is 4.26. The van der Waals surface area contributed by atoms with Gasteiger partial charge in [0.05, 0.1) is 17.2 Å². The number of nitrogens with one attached hydrogen (secondary N) is 1. The maximum atomic E-state index is 11.9. The molecule has 2 aliphatic rings. The molecule has 1 fully saturated rings. The fraction of sp³-hybridized carbons (Fsp3) is 0.429. The molecule has 0 aromatic heterocycles. The number of nitro groups is 1. The zero-order valence-corrected chi connectivity index (χ0v) is 12.3. The molecule has 0 bridgehead atoms. The van der Waals surface area contributed by atoms with Gasteiger partial charge in [-0.05, 0) is 18.9 Å². The number of nitrogens with zero attached hydrogens (tertiary/aromatic N) is 3. The van der Waals surface area contributed by atoms with E-state index in [1.165, 1.54) is 17.0 Å². The van der Waals surface area contributed by atoms with Crippen LogP contribution in [0.2, 0.25) is 0 Å². The summed E-state index contributed by atoms with van der Waals surface area (Å²) in [5.74, 6) is -0.223. The quantitative estimate of drug-likeness (QED) is 0.630. The molecule has 2 amide bonds. The number of carbonyl (C=O) groups excluding carboxylic acids is 1. The van der Waals surface area contributed by atoms with Crippen LogP contribution in [-0.4, -0.2) is 52.6 Å². The molecule has 1 aromatic rings. The summed E-state index contributed by atoms with van der Waals surface area (Å²) in [5.41, 5.74) is 0.783. The number of benzene rings is 1. The molecule has 1 saturated heterocycles. The number of hydrogen-bond donors (Lipinski definition) is 2. The predicted octanol–water partition coefficient (Wildman–Crippen LogP) is 1.50. The lowest BCUT2D eigenvalue weighted by molar-refractivity contribution is -0.384. The largest absolute Gasteiger partial charge is 0.465 e. The Bertz CT molecular complexity index is 669. The fourth-order valence-electron chi connectivity index (χ4n) is 3.19. The number of carboxylic acid groups (broad SMARTS) is 1. The lowest BCUT2D eigenvalue weighted by Gasteiger charge is -2.40. The highest BCUT2D eigenvalue weighted by molar-refractivity contribution is 6.03. The van der Waals surface area contributed by atoms with E-state index in [0.29, 0.717) is 37.3 Å². The van der Waals surface area contributed by atoms with Crippen LogP contribution < -0.4 is 10.2 Å². The van der Waals surface area contributed by atoms with Crippen molar-refractivity contribution in [2.24, 2.45) is 0 Å². The molecule has 0 spiro atoms. The highest BCUT2D eigenvalue weighted by Crippen LogP contribution is 2.40. The van der Waals surface area contributed by atoms with E-state index in [4.69, 9.17) is 5.11 Å². The minimum atomic E-state index is -0.966. The molecule has 2 N–H and O–H groups in total. The summed E-state index contributed by atoms with van der Waals surface area (Å²) in [7, 11) is 0. The first kappa shape index (κ1) is 15.1. The highest BCUT2D eigenvalue weighted by atomic mass is 16.6. The number of nitro benzene ring substituents is 1. The van der Waals surface area contributed by atoms with Gasteiger partial charge in [-0.3, -0.25) is 14.9 Å². The summed E-state index contributed by atoms with van der Waals surface area (Å²) >= 11 is 0. The monoisotopic (exact) mass is 320 g/mol. The Hall–Kier alpha value is -2.84. The summed E-state index contributed by atoms with van der Waals surface area (Å²) in [6.07, 6.45) is 0.0991. The molecule has 0 saturated carbocycles. The van der Waals surface area contributed by atoms with Crippen molar-refractivity contribution in [2.45, 2.75) is 18.9 Å². The minimum Gasteiger partial charge on any atom is -0.465 e. The van der Waals surface area contributed by atoms with E-state index in [-0.39, 0.29) is 24.2 Å². The van der Waals surface area contributed by atoms with E-state index in [1.54, 1.807) is 11.0 Å². The molecular formula is C14H16N4O5. The van der Waals surface area contributed by atoms with Crippen LogP contribution in [0.1, 0.15) is 12.8 Å². The normalized spacial score (nSPS) is 18.3. The first-order valence-electron chi connectivity index (χ1n) is 7.29. The molecule has 9 nitrogen and oxygen atoms in total. The smallest absolute Gasteiger partial charge is 0.407 e. The Kier molecular flexibility index (Phi) is 3.77. The van der Waals surface area contributed by atoms with Crippen LogP contribution >= 0.6 is 0 Å². The van der Waals surface area contributed by atoms with Crippen molar-refractivity contribution in [3.8, 4) is 0 Å². The Balaban J connectivity index is 1.91. The summed E-state index contributed by atoms with van der Waals surface area (Å²) in [6, 6.07) is 4.49. The molecule has 2 heterocycles. The van der Waals surface area contributed by atoms with Crippen LogP contribution in [0, 0.1) is 10.1 Å². The van der Waals surface area contributed by atoms with E-state index in [1.807, 2.05) is 0 Å². The van der Waals surface area contributed by atoms with Gasteiger partial charge in [-0.25, -0.2) is 4.79 Å². The molecule has 0 unspecified atom stereocenters. The molecule has 1 aromatic carbocycles. The average Bonchev–Trinajstić information content (AvgIpc) is 2.53. The Morgan fingerprint density at radius 2 is 2.04 bits per heavy atom. The van der Waals surface area contributed by atoms with Gasteiger partial charge in [-0.2, -0.15) is 0 Å². The minimum absolute atomic E-state index is 0.0373. The third kappa shape index (κ3) is 2.77. The lowest BCUT2D eigenvalue weighted by Crippen LogP contribution is -2.50. The van der Waals surface area contributed by atoms with Gasteiger partial charge < -0.3 is 20.2 Å². The van der Waals surface area contributed by atoms with Crippen LogP contribution in [0.5, 0.6) is 0 Å². The Labute approximate surface area is 131 Å². The molecule has 0 radical (unpaired) electrons. The van der Waals surface area contributed by atoms with Gasteiger partial charge in [0, 0.05) is 25.2 Å². The number of para-hydroxylation sites is 1. The lowest BCUT2D eigenvalue weighted by atomic mass is 10.0. The van der Waals surface area contributed by atoms with Crippen molar-refractivity contribution in [3.63, 3.8) is 0 Å². The second-order valence-corrected chi connectivity index (χ2v) is 5.61. The molecule has 9 heteroatoms. The van der Waals surface area contributed by atoms with Crippen molar-refractivity contribution >= 4 is 29.1 Å². The summed E-state index contributed by atoms with van der Waals surface area (Å²) in [4.78, 5) is 36.8. The van der Waals surface area contributed by atoms with E-state index in [9.17, 15) is 19.7 Å². The number of hydrogen-bond acceptors (Lipinski definition) is 5. The summed E-state index contributed by atoms with van der Waals surface area (Å²) < 4.78 is 0. The topological polar surface area (TPSA) is 116 Å². The van der Waals surface area contributed by atoms with Crippen molar-refractivity contribution in [2.75, 3.05) is 29.9 Å². The van der Waals surface area contributed by atoms with Gasteiger partial charge in [0.1, 0.15) is 5.69 Å². The first-order valence-corrected chi connectivity index (χ1v) is 7.29. The molecule has 0 aliphatic carbocycles. The number of likely N-dealkylation sites (tertiary alicyclic amines) is 1. The molecular weight excluding hydrogens is 304 g/mol. The van der Waals surface area contributed by atoms with Crippen LogP contribution in [0.3, 0.4) is 0 Å². The molecule has 3 rings (SSSR count). The zero-order chi connectivity index (χ0) is 16.6. The van der Waals surface area contributed by atoms with Crippen molar-refractivity contribution in [1.29, 1.82) is 0 Å². The van der Waals surface area contributed by atoms with E-state index in [0.717, 1.165) is 0 Å². The van der Waals surface area contributed by atoms with Gasteiger partial charge >= 0.3 is 6.09 Å². The second-order valence-electron chi connectivity index (χ2n) is 5.61. The highest BCUT2D eigenvalue weighted by Gasteiger charge is 2.35. The van der Waals surface area contributed by atoms with Crippen molar-refractivity contribution < 1.29 is 19.6 Å². The Morgan fingerprint density at radius 3 is 2.65 bits per heavy atom. The van der Waals surface area contributed by atoms with Gasteiger partial charge in [0.25, 0.3) is 5.69 Å². The second kappa shape index (κ2) is 5.75. The van der Waals surface area contributed by atoms with Crippen molar-refractivity contribution in [1.82, 2.24) is 4.90 Å². The van der Waals surface area contributed by atoms with Gasteiger partial charge in [0.15, 0.2) is 0 Å². The zero-order valence-electron chi connectivity index (χ0n) is 12.3. The number of piperidine rings is 1. The van der Waals surface area contributed by atoms with Gasteiger partial charge in [0.2, 0.25) is 5.91 Å². The van der Waals surface area contributed by atoms with E-state index in [2.05, 4.69) is 5.32 Å². The standard InChI is InChI=1S/C14H16N4O5/c19-12-8-17(9-4-6-16(7-5-9)14(20)21)13-10(15-12)2-1-3-11(13)18(22)23/h1-3,9H,4-8H2,(H,15,19)(H,20,21). The maximum absolute atomic E-state index is 11.9. The van der Waals surface area contributed by atoms with E-state index >= 15 is 0 Å². The Morgan fingerprint density at radius 1 is 1.35 bits per heavy atom. The third-order valence-electron chi connectivity index (χ3n) is 4.26. The fourth-order valence-corrected chi connectivity index (χ4v) is 3.19. The van der Waals surface area contributed by atoms with Gasteiger partial charge in [-0.15, -0.1) is 0 Å². The van der Waals surface area contributed by atoms with Crippen molar-refractivity contribution in [3.05, 3.63) is 28.3 Å². The molecule has 122 valence electrons. The molecule has 0 atom stereocenters. The van der Waals surface area contributed by atoms with Crippen LogP contribution in [-0.2, 0) is 4.79 Å². The van der Waals surface area contributed by atoms with Crippen LogP contribution in [0.4, 0.5) is 21.9 Å². The molecule has 23 heavy (non-hydrogen) atoms. The number of anilines is 2. The van der Waals surface area contributed by atoms with Crippen LogP contribution in [0.25, 0.3) is 0 Å². The number of carbonyl (C=O) groups is 2.